The third-order valence-electron chi connectivity index (χ3n) is 3.06. The number of nitrogens with zero attached hydrogens (tertiary/aromatic N) is 2. The quantitative estimate of drug-likeness (QED) is 0.726. The second-order valence-corrected chi connectivity index (χ2v) is 4.56. The summed E-state index contributed by atoms with van der Waals surface area (Å²) in [5.41, 5.74) is 1.33. The molecule has 0 N–H and O–H groups in total. The summed E-state index contributed by atoms with van der Waals surface area (Å²) in [6.45, 7) is 8.20. The fourth-order valence-corrected chi connectivity index (χ4v) is 1.91. The van der Waals surface area contributed by atoms with Gasteiger partial charge in [-0.25, -0.2) is 0 Å². The van der Waals surface area contributed by atoms with Gasteiger partial charge in [0.2, 0.25) is 0 Å². The molecule has 0 saturated carbocycles. The van der Waals surface area contributed by atoms with Gasteiger partial charge in [0.1, 0.15) is 0 Å². The van der Waals surface area contributed by atoms with Crippen molar-refractivity contribution in [3.8, 4) is 0 Å². The molecule has 0 spiro atoms. The molecule has 1 aromatic heterocycles. The molecule has 2 heterocycles. The molecule has 2 nitrogen and oxygen atoms in total. The van der Waals surface area contributed by atoms with Gasteiger partial charge in [-0.3, -0.25) is 9.88 Å². The zero-order valence-electron chi connectivity index (χ0n) is 8.98. The summed E-state index contributed by atoms with van der Waals surface area (Å²) >= 11 is 0. The maximum atomic E-state index is 4.12. The molecule has 1 saturated heterocycles. The second-order valence-electron chi connectivity index (χ2n) is 4.56. The number of likely N-dealkylation sites (tertiary alicyclic amines) is 1. The molecule has 1 aromatic rings. The van der Waals surface area contributed by atoms with Crippen LogP contribution >= 0.6 is 0 Å². The Bertz CT molecular complexity index is 276. The van der Waals surface area contributed by atoms with E-state index in [0.29, 0.717) is 0 Å². The van der Waals surface area contributed by atoms with E-state index in [9.17, 15) is 0 Å². The van der Waals surface area contributed by atoms with E-state index in [4.69, 9.17) is 0 Å². The van der Waals surface area contributed by atoms with E-state index in [-0.39, 0.29) is 0 Å². The van der Waals surface area contributed by atoms with Crippen molar-refractivity contribution in [2.75, 3.05) is 13.1 Å². The van der Waals surface area contributed by atoms with Crippen molar-refractivity contribution in [1.29, 1.82) is 0 Å². The molecule has 0 unspecified atom stereocenters. The first-order chi connectivity index (χ1) is 6.75. The van der Waals surface area contributed by atoms with Gasteiger partial charge in [0.25, 0.3) is 0 Å². The van der Waals surface area contributed by atoms with Crippen LogP contribution in [-0.2, 0) is 6.54 Å². The van der Waals surface area contributed by atoms with Crippen molar-refractivity contribution < 1.29 is 0 Å². The highest BCUT2D eigenvalue weighted by Gasteiger charge is 2.28. The number of hydrogen-bond acceptors (Lipinski definition) is 2. The Morgan fingerprint density at radius 1 is 1.50 bits per heavy atom. The first-order valence-electron chi connectivity index (χ1n) is 5.37. The SMILES string of the molecule is CC(C)C1CN(Cc2cccnc2)C1. The van der Waals surface area contributed by atoms with E-state index in [1.54, 1.807) is 0 Å². The van der Waals surface area contributed by atoms with Crippen LogP contribution in [0, 0.1) is 11.8 Å². The summed E-state index contributed by atoms with van der Waals surface area (Å²) in [6.07, 6.45) is 3.79. The topological polar surface area (TPSA) is 16.1 Å². The fraction of sp³-hybridized carbons (Fsp3) is 0.583. The molecule has 1 fully saturated rings. The van der Waals surface area contributed by atoms with Gasteiger partial charge in [0.05, 0.1) is 0 Å². The third kappa shape index (κ3) is 2.13. The Morgan fingerprint density at radius 3 is 2.86 bits per heavy atom. The zero-order chi connectivity index (χ0) is 9.97. The van der Waals surface area contributed by atoms with Gasteiger partial charge in [0, 0.05) is 32.0 Å². The lowest BCUT2D eigenvalue weighted by Crippen LogP contribution is -2.48. The first kappa shape index (κ1) is 9.66. The van der Waals surface area contributed by atoms with Crippen LogP contribution in [0.5, 0.6) is 0 Å². The number of hydrogen-bond donors (Lipinski definition) is 0. The van der Waals surface area contributed by atoms with Crippen LogP contribution in [0.15, 0.2) is 24.5 Å². The van der Waals surface area contributed by atoms with Crippen molar-refractivity contribution in [3.63, 3.8) is 0 Å². The molecule has 2 heteroatoms. The Labute approximate surface area is 86.0 Å². The molecule has 0 amide bonds. The van der Waals surface area contributed by atoms with Gasteiger partial charge < -0.3 is 0 Å². The van der Waals surface area contributed by atoms with E-state index >= 15 is 0 Å². The van der Waals surface area contributed by atoms with Crippen LogP contribution < -0.4 is 0 Å². The van der Waals surface area contributed by atoms with Crippen LogP contribution in [0.4, 0.5) is 0 Å². The van der Waals surface area contributed by atoms with Crippen molar-refractivity contribution in [2.24, 2.45) is 11.8 Å². The number of pyridine rings is 1. The van der Waals surface area contributed by atoms with Crippen LogP contribution in [0.2, 0.25) is 0 Å². The van der Waals surface area contributed by atoms with Crippen LogP contribution in [0.3, 0.4) is 0 Å². The summed E-state index contributed by atoms with van der Waals surface area (Å²) in [4.78, 5) is 6.61. The number of aromatic nitrogens is 1. The highest BCUT2D eigenvalue weighted by atomic mass is 15.2. The Morgan fingerprint density at radius 2 is 2.29 bits per heavy atom. The van der Waals surface area contributed by atoms with E-state index in [2.05, 4.69) is 29.8 Å². The molecule has 1 aliphatic heterocycles. The minimum atomic E-state index is 0.833. The van der Waals surface area contributed by atoms with Crippen LogP contribution in [0.25, 0.3) is 0 Å². The summed E-state index contributed by atoms with van der Waals surface area (Å²) in [6, 6.07) is 4.16. The summed E-state index contributed by atoms with van der Waals surface area (Å²) in [5, 5.41) is 0. The Hall–Kier alpha value is -0.890. The molecular weight excluding hydrogens is 172 g/mol. The zero-order valence-corrected chi connectivity index (χ0v) is 8.98. The molecule has 0 aromatic carbocycles. The van der Waals surface area contributed by atoms with E-state index in [0.717, 1.165) is 18.4 Å². The molecule has 0 atom stereocenters. The average Bonchev–Trinajstić information content (AvgIpc) is 2.12. The molecule has 1 aliphatic rings. The largest absolute Gasteiger partial charge is 0.298 e. The molecular formula is C12H18N2. The highest BCUT2D eigenvalue weighted by molar-refractivity contribution is 5.08. The lowest BCUT2D eigenvalue weighted by molar-refractivity contribution is 0.0613. The predicted octanol–water partition coefficient (Wildman–Crippen LogP) is 2.17. The van der Waals surface area contributed by atoms with Crippen molar-refractivity contribution in [3.05, 3.63) is 30.1 Å². The normalized spacial score (nSPS) is 18.5. The average molecular weight is 190 g/mol. The monoisotopic (exact) mass is 190 g/mol. The van der Waals surface area contributed by atoms with E-state index in [1.165, 1.54) is 18.7 Å². The van der Waals surface area contributed by atoms with Gasteiger partial charge in [-0.15, -0.1) is 0 Å². The summed E-state index contributed by atoms with van der Waals surface area (Å²) in [7, 11) is 0. The molecule has 2 rings (SSSR count). The van der Waals surface area contributed by atoms with Gasteiger partial charge in [-0.1, -0.05) is 19.9 Å². The lowest BCUT2D eigenvalue weighted by Gasteiger charge is -2.41. The van der Waals surface area contributed by atoms with Crippen LogP contribution in [0.1, 0.15) is 19.4 Å². The smallest absolute Gasteiger partial charge is 0.0312 e. The summed E-state index contributed by atoms with van der Waals surface area (Å²) in [5.74, 6) is 1.74. The third-order valence-corrected chi connectivity index (χ3v) is 3.06. The van der Waals surface area contributed by atoms with Crippen molar-refractivity contribution in [2.45, 2.75) is 20.4 Å². The minimum Gasteiger partial charge on any atom is -0.298 e. The van der Waals surface area contributed by atoms with Gasteiger partial charge in [-0.05, 0) is 23.5 Å². The van der Waals surface area contributed by atoms with E-state index in [1.807, 2.05) is 18.5 Å². The minimum absolute atomic E-state index is 0.833. The molecule has 76 valence electrons. The predicted molar refractivity (Wildman–Crippen MR) is 57.8 cm³/mol. The number of rotatable bonds is 3. The van der Waals surface area contributed by atoms with Gasteiger partial charge in [0.15, 0.2) is 0 Å². The molecule has 0 bridgehead atoms. The molecule has 0 aliphatic carbocycles. The highest BCUT2D eigenvalue weighted by Crippen LogP contribution is 2.24. The fourth-order valence-electron chi connectivity index (χ4n) is 1.91. The maximum Gasteiger partial charge on any atom is 0.0312 e. The second kappa shape index (κ2) is 4.09. The lowest BCUT2D eigenvalue weighted by atomic mass is 9.88. The van der Waals surface area contributed by atoms with E-state index < -0.39 is 0 Å². The van der Waals surface area contributed by atoms with Crippen molar-refractivity contribution >= 4 is 0 Å². The molecule has 14 heavy (non-hydrogen) atoms. The van der Waals surface area contributed by atoms with Gasteiger partial charge >= 0.3 is 0 Å². The summed E-state index contributed by atoms with van der Waals surface area (Å²) < 4.78 is 0. The first-order valence-corrected chi connectivity index (χ1v) is 5.37. The maximum absolute atomic E-state index is 4.12. The molecule has 0 radical (unpaired) electrons. The van der Waals surface area contributed by atoms with Crippen molar-refractivity contribution in [1.82, 2.24) is 9.88 Å². The van der Waals surface area contributed by atoms with Gasteiger partial charge in [-0.2, -0.15) is 0 Å². The standard InChI is InChI=1S/C12H18N2/c1-10(2)12-8-14(9-12)7-11-4-3-5-13-6-11/h3-6,10,12H,7-9H2,1-2H3. The Kier molecular flexibility index (Phi) is 2.82. The Balaban J connectivity index is 1.80. The van der Waals surface area contributed by atoms with Crippen LogP contribution in [-0.4, -0.2) is 23.0 Å².